The summed E-state index contributed by atoms with van der Waals surface area (Å²) in [5.41, 5.74) is 2.52. The molecule has 15 heavy (non-hydrogen) atoms. The molecule has 0 saturated heterocycles. The van der Waals surface area contributed by atoms with Gasteiger partial charge in [0.05, 0.1) is 13.1 Å². The smallest absolute Gasteiger partial charge is 0.255 e. The van der Waals surface area contributed by atoms with Crippen LogP contribution in [0.3, 0.4) is 0 Å². The highest BCUT2D eigenvalue weighted by Crippen LogP contribution is 2.18. The predicted molar refractivity (Wildman–Crippen MR) is 67.9 cm³/mol. The van der Waals surface area contributed by atoms with Crippen LogP contribution in [0.15, 0.2) is 24.3 Å². The molecule has 1 N–H and O–H groups in total. The minimum absolute atomic E-state index is 1.08. The van der Waals surface area contributed by atoms with Crippen LogP contribution < -0.4 is 5.32 Å². The van der Waals surface area contributed by atoms with Crippen LogP contribution in [0.4, 0.5) is 5.69 Å². The Labute approximate surface area is 95.4 Å². The summed E-state index contributed by atoms with van der Waals surface area (Å²) in [5.74, 6) is 1.20. The molecule has 0 bridgehead atoms. The molecule has 1 aromatic rings. The summed E-state index contributed by atoms with van der Waals surface area (Å²) in [5, 5.41) is 4.81. The molecule has 0 aliphatic carbocycles. The molecule has 1 aliphatic heterocycles. The molecule has 2 nitrogen and oxygen atoms in total. The van der Waals surface area contributed by atoms with Gasteiger partial charge < -0.3 is 0 Å². The van der Waals surface area contributed by atoms with E-state index in [2.05, 4.69) is 48.0 Å². The summed E-state index contributed by atoms with van der Waals surface area (Å²) >= 11 is 1.91. The van der Waals surface area contributed by atoms with Crippen molar-refractivity contribution in [1.82, 2.24) is 0 Å². The first-order chi connectivity index (χ1) is 7.31. The first-order valence-corrected chi connectivity index (χ1v) is 6.37. The summed E-state index contributed by atoms with van der Waals surface area (Å²) in [6.07, 6.45) is 0. The van der Waals surface area contributed by atoms with Crippen LogP contribution >= 0.6 is 11.8 Å². The third kappa shape index (κ3) is 2.34. The molecule has 1 heterocycles. The maximum absolute atomic E-state index is 3.52. The van der Waals surface area contributed by atoms with E-state index in [-0.39, 0.29) is 0 Å². The van der Waals surface area contributed by atoms with Crippen molar-refractivity contribution < 1.29 is 4.58 Å². The molecule has 0 atom stereocenters. The first kappa shape index (κ1) is 10.6. The Bertz CT molecular complexity index is 385. The van der Waals surface area contributed by atoms with Gasteiger partial charge in [0, 0.05) is 5.75 Å². The van der Waals surface area contributed by atoms with Crippen molar-refractivity contribution in [1.29, 1.82) is 0 Å². The number of hydrogen-bond donors (Lipinski definition) is 1. The SMILES string of the molecule is CC[N+]1=C(Nc2ccccc2C)SCC1. The van der Waals surface area contributed by atoms with E-state index in [1.54, 1.807) is 0 Å². The van der Waals surface area contributed by atoms with Gasteiger partial charge in [-0.3, -0.25) is 4.58 Å². The normalized spacial score (nSPS) is 15.9. The minimum Gasteiger partial charge on any atom is -0.255 e. The van der Waals surface area contributed by atoms with Crippen LogP contribution in [0, 0.1) is 6.92 Å². The average molecular weight is 221 g/mol. The van der Waals surface area contributed by atoms with E-state index < -0.39 is 0 Å². The Morgan fingerprint density at radius 2 is 2.20 bits per heavy atom. The van der Waals surface area contributed by atoms with Crippen LogP contribution in [0.1, 0.15) is 12.5 Å². The molecule has 3 heteroatoms. The fourth-order valence-corrected chi connectivity index (χ4v) is 2.78. The largest absolute Gasteiger partial charge is 0.311 e. The summed E-state index contributed by atoms with van der Waals surface area (Å²) in [6.45, 7) is 6.58. The lowest BCUT2D eigenvalue weighted by molar-refractivity contribution is -0.513. The number of rotatable bonds is 2. The van der Waals surface area contributed by atoms with Crippen molar-refractivity contribution in [3.63, 3.8) is 0 Å². The Kier molecular flexibility index (Phi) is 3.31. The van der Waals surface area contributed by atoms with E-state index in [9.17, 15) is 0 Å². The van der Waals surface area contributed by atoms with Crippen molar-refractivity contribution in [2.24, 2.45) is 0 Å². The quantitative estimate of drug-likeness (QED) is 0.772. The van der Waals surface area contributed by atoms with Gasteiger partial charge in [0.2, 0.25) is 0 Å². The van der Waals surface area contributed by atoms with E-state index in [0.717, 1.165) is 13.1 Å². The van der Waals surface area contributed by atoms with Gasteiger partial charge in [-0.05, 0) is 37.2 Å². The van der Waals surface area contributed by atoms with E-state index in [1.807, 2.05) is 11.8 Å². The highest BCUT2D eigenvalue weighted by atomic mass is 32.2. The van der Waals surface area contributed by atoms with Gasteiger partial charge in [-0.15, -0.1) is 0 Å². The van der Waals surface area contributed by atoms with Crippen LogP contribution in [0.5, 0.6) is 0 Å². The van der Waals surface area contributed by atoms with Gasteiger partial charge in [0.1, 0.15) is 5.69 Å². The number of amidine groups is 1. The van der Waals surface area contributed by atoms with Crippen molar-refractivity contribution in [2.45, 2.75) is 13.8 Å². The van der Waals surface area contributed by atoms with Gasteiger partial charge >= 0.3 is 5.17 Å². The molecule has 0 saturated carbocycles. The third-order valence-corrected chi connectivity index (χ3v) is 3.68. The third-order valence-electron chi connectivity index (χ3n) is 2.66. The molecule has 1 aromatic carbocycles. The van der Waals surface area contributed by atoms with Gasteiger partial charge in [-0.1, -0.05) is 18.2 Å². The molecule has 2 rings (SSSR count). The maximum Gasteiger partial charge on any atom is 0.311 e. The summed E-state index contributed by atoms with van der Waals surface area (Å²) in [6, 6.07) is 8.42. The van der Waals surface area contributed by atoms with Crippen molar-refractivity contribution >= 4 is 22.6 Å². The molecule has 0 radical (unpaired) electrons. The molecule has 0 unspecified atom stereocenters. The van der Waals surface area contributed by atoms with Gasteiger partial charge in [-0.2, -0.15) is 0 Å². The lowest BCUT2D eigenvalue weighted by Crippen LogP contribution is -2.20. The number of aryl methyl sites for hydroxylation is 1. The van der Waals surface area contributed by atoms with Crippen molar-refractivity contribution in [2.75, 3.05) is 24.2 Å². The number of para-hydroxylation sites is 1. The van der Waals surface area contributed by atoms with Crippen LogP contribution in [0.25, 0.3) is 0 Å². The number of nitrogens with one attached hydrogen (secondary N) is 1. The lowest BCUT2D eigenvalue weighted by Gasteiger charge is -2.04. The molecule has 0 spiro atoms. The van der Waals surface area contributed by atoms with Gasteiger partial charge in [-0.25, -0.2) is 5.32 Å². The molecule has 0 aromatic heterocycles. The van der Waals surface area contributed by atoms with E-state index in [1.165, 1.54) is 22.2 Å². The Morgan fingerprint density at radius 1 is 1.40 bits per heavy atom. The summed E-state index contributed by atoms with van der Waals surface area (Å²) in [4.78, 5) is 0. The zero-order valence-corrected chi connectivity index (χ0v) is 10.1. The Balaban J connectivity index is 2.18. The monoisotopic (exact) mass is 221 g/mol. The Morgan fingerprint density at radius 3 is 2.93 bits per heavy atom. The maximum atomic E-state index is 3.52. The second-order valence-corrected chi connectivity index (χ2v) is 4.76. The van der Waals surface area contributed by atoms with Crippen LogP contribution in [-0.2, 0) is 0 Å². The fourth-order valence-electron chi connectivity index (χ4n) is 1.69. The van der Waals surface area contributed by atoms with Crippen LogP contribution in [0.2, 0.25) is 0 Å². The lowest BCUT2D eigenvalue weighted by atomic mass is 10.2. The van der Waals surface area contributed by atoms with Gasteiger partial charge in [0.25, 0.3) is 0 Å². The molecule has 0 fully saturated rings. The second kappa shape index (κ2) is 4.71. The number of hydrogen-bond acceptors (Lipinski definition) is 2. The van der Waals surface area contributed by atoms with Crippen molar-refractivity contribution in [3.05, 3.63) is 29.8 Å². The molecule has 80 valence electrons. The zero-order valence-electron chi connectivity index (χ0n) is 9.29. The number of anilines is 1. The first-order valence-electron chi connectivity index (χ1n) is 5.38. The van der Waals surface area contributed by atoms with E-state index in [4.69, 9.17) is 0 Å². The van der Waals surface area contributed by atoms with E-state index in [0.29, 0.717) is 0 Å². The van der Waals surface area contributed by atoms with E-state index >= 15 is 0 Å². The summed E-state index contributed by atoms with van der Waals surface area (Å²) < 4.78 is 2.39. The highest BCUT2D eigenvalue weighted by Gasteiger charge is 2.20. The average Bonchev–Trinajstić information content (AvgIpc) is 2.69. The summed E-state index contributed by atoms with van der Waals surface area (Å²) in [7, 11) is 0. The molecule has 1 aliphatic rings. The topological polar surface area (TPSA) is 15.0 Å². The fraction of sp³-hybridized carbons (Fsp3) is 0.417. The van der Waals surface area contributed by atoms with Gasteiger partial charge in [0.15, 0.2) is 0 Å². The second-order valence-electron chi connectivity index (χ2n) is 3.67. The number of benzene rings is 1. The number of nitrogens with zero attached hydrogens (tertiary/aromatic N) is 1. The predicted octanol–water partition coefficient (Wildman–Crippen LogP) is 2.54. The Hall–Kier alpha value is -0.960. The highest BCUT2D eigenvalue weighted by molar-refractivity contribution is 8.14. The molecular formula is C12H17N2S+. The zero-order chi connectivity index (χ0) is 10.7. The molecule has 0 amide bonds. The number of thioether (sulfide) groups is 1. The van der Waals surface area contributed by atoms with Crippen LogP contribution in [-0.4, -0.2) is 28.6 Å². The standard InChI is InChI=1S/C12H16N2S/c1-3-14-8-9-15-12(14)13-11-7-5-4-6-10(11)2/h4-7H,3,8-9H2,1-2H3/p+1. The minimum atomic E-state index is 1.08. The van der Waals surface area contributed by atoms with Crippen molar-refractivity contribution in [3.8, 4) is 0 Å². The molecular weight excluding hydrogens is 204 g/mol.